The monoisotopic (exact) mass is 188 g/mol. The average Bonchev–Trinajstić information content (AvgIpc) is 2.34. The van der Waals surface area contributed by atoms with Crippen LogP contribution >= 0.6 is 11.3 Å². The first kappa shape index (κ1) is 11.1. The molecule has 2 N–H and O–H groups in total. The molecule has 68 valence electrons. The molecular formula is C8H12O3S. The minimum atomic E-state index is -0.833. The van der Waals surface area contributed by atoms with E-state index in [4.69, 9.17) is 15.0 Å². The third-order valence-corrected chi connectivity index (χ3v) is 1.94. The van der Waals surface area contributed by atoms with Crippen molar-refractivity contribution in [2.24, 2.45) is 0 Å². The van der Waals surface area contributed by atoms with Crippen molar-refractivity contribution in [2.45, 2.75) is 20.5 Å². The maximum atomic E-state index is 9.00. The highest BCUT2D eigenvalue weighted by molar-refractivity contribution is 7.11. The van der Waals surface area contributed by atoms with Gasteiger partial charge in [-0.2, -0.15) is 0 Å². The molecule has 0 unspecified atom stereocenters. The molecule has 1 aromatic heterocycles. The van der Waals surface area contributed by atoms with Gasteiger partial charge in [0.05, 0.1) is 6.61 Å². The molecule has 0 saturated carbocycles. The first-order chi connectivity index (χ1) is 5.56. The number of aryl methyl sites for hydroxylation is 1. The van der Waals surface area contributed by atoms with E-state index in [2.05, 4.69) is 0 Å². The smallest absolute Gasteiger partial charge is 0.300 e. The lowest BCUT2D eigenvalue weighted by atomic mass is 10.4. The summed E-state index contributed by atoms with van der Waals surface area (Å²) in [4.78, 5) is 11.3. The second-order valence-electron chi connectivity index (χ2n) is 2.19. The normalized spacial score (nSPS) is 8.58. The summed E-state index contributed by atoms with van der Waals surface area (Å²) in [5, 5.41) is 16.0. The van der Waals surface area contributed by atoms with Gasteiger partial charge >= 0.3 is 0 Å². The van der Waals surface area contributed by atoms with Crippen LogP contribution in [0.15, 0.2) is 12.1 Å². The van der Waals surface area contributed by atoms with Crippen LogP contribution < -0.4 is 0 Å². The van der Waals surface area contributed by atoms with Gasteiger partial charge in [-0.1, -0.05) is 0 Å². The first-order valence-electron chi connectivity index (χ1n) is 3.42. The Kier molecular flexibility index (Phi) is 5.32. The van der Waals surface area contributed by atoms with E-state index in [0.29, 0.717) is 0 Å². The molecule has 0 aliphatic rings. The molecule has 4 heteroatoms. The number of aliphatic hydroxyl groups excluding tert-OH is 1. The molecule has 1 aromatic rings. The second kappa shape index (κ2) is 5.74. The molecule has 0 amide bonds. The van der Waals surface area contributed by atoms with Crippen molar-refractivity contribution in [1.29, 1.82) is 0 Å². The number of carboxylic acid groups (broad SMARTS) is 1. The molecule has 0 atom stereocenters. The molecule has 0 aliphatic carbocycles. The maximum absolute atomic E-state index is 9.00. The van der Waals surface area contributed by atoms with E-state index in [1.165, 1.54) is 4.88 Å². The van der Waals surface area contributed by atoms with Crippen LogP contribution in [0.4, 0.5) is 0 Å². The summed E-state index contributed by atoms with van der Waals surface area (Å²) < 4.78 is 0. The Bertz CT molecular complexity index is 238. The summed E-state index contributed by atoms with van der Waals surface area (Å²) in [5.74, 6) is -0.833. The predicted molar refractivity (Wildman–Crippen MR) is 48.3 cm³/mol. The fourth-order valence-electron chi connectivity index (χ4n) is 0.570. The Morgan fingerprint density at radius 1 is 1.58 bits per heavy atom. The van der Waals surface area contributed by atoms with Crippen molar-refractivity contribution < 1.29 is 15.0 Å². The molecule has 1 rings (SSSR count). The maximum Gasteiger partial charge on any atom is 0.300 e. The second-order valence-corrected chi connectivity index (χ2v) is 3.56. The Morgan fingerprint density at radius 3 is 2.25 bits per heavy atom. The van der Waals surface area contributed by atoms with Gasteiger partial charge in [-0.05, 0) is 19.1 Å². The molecule has 0 bridgehead atoms. The molecule has 0 fully saturated rings. The summed E-state index contributed by atoms with van der Waals surface area (Å²) in [6, 6.07) is 3.95. The number of thiophene rings is 1. The quantitative estimate of drug-likeness (QED) is 0.704. The number of hydrogen-bond acceptors (Lipinski definition) is 3. The van der Waals surface area contributed by atoms with Gasteiger partial charge in [0.1, 0.15) is 0 Å². The molecule has 0 radical (unpaired) electrons. The first-order valence-corrected chi connectivity index (χ1v) is 4.23. The van der Waals surface area contributed by atoms with Gasteiger partial charge in [0, 0.05) is 16.7 Å². The van der Waals surface area contributed by atoms with E-state index < -0.39 is 5.97 Å². The molecule has 12 heavy (non-hydrogen) atoms. The molecule has 0 aromatic carbocycles. The van der Waals surface area contributed by atoms with Crippen LogP contribution in [0.5, 0.6) is 0 Å². The van der Waals surface area contributed by atoms with Crippen molar-refractivity contribution in [3.05, 3.63) is 21.9 Å². The van der Waals surface area contributed by atoms with Gasteiger partial charge in [0.2, 0.25) is 0 Å². The van der Waals surface area contributed by atoms with Gasteiger partial charge in [-0.25, -0.2) is 0 Å². The van der Waals surface area contributed by atoms with Crippen LogP contribution in [0.2, 0.25) is 0 Å². The fourth-order valence-corrected chi connectivity index (χ4v) is 1.32. The van der Waals surface area contributed by atoms with Crippen LogP contribution in [0.3, 0.4) is 0 Å². The zero-order valence-corrected chi connectivity index (χ0v) is 7.89. The van der Waals surface area contributed by atoms with Crippen LogP contribution in [0, 0.1) is 6.92 Å². The Hall–Kier alpha value is -0.870. The summed E-state index contributed by atoms with van der Waals surface area (Å²) in [6.07, 6.45) is 0. The van der Waals surface area contributed by atoms with Gasteiger partial charge in [-0.3, -0.25) is 4.79 Å². The van der Waals surface area contributed by atoms with Crippen molar-refractivity contribution in [3.63, 3.8) is 0 Å². The van der Waals surface area contributed by atoms with Gasteiger partial charge in [-0.15, -0.1) is 11.3 Å². The molecule has 0 aliphatic heterocycles. The van der Waals surface area contributed by atoms with Crippen molar-refractivity contribution >= 4 is 17.3 Å². The van der Waals surface area contributed by atoms with Crippen molar-refractivity contribution in [1.82, 2.24) is 0 Å². The Labute approximate surface area is 75.3 Å². The van der Waals surface area contributed by atoms with Crippen LogP contribution in [0.1, 0.15) is 16.7 Å². The topological polar surface area (TPSA) is 57.5 Å². The predicted octanol–water partition coefficient (Wildman–Crippen LogP) is 1.64. The number of aliphatic carboxylic acids is 1. The average molecular weight is 188 g/mol. The van der Waals surface area contributed by atoms with Gasteiger partial charge in [0.15, 0.2) is 0 Å². The lowest BCUT2D eigenvalue weighted by Crippen LogP contribution is -1.78. The molecule has 0 spiro atoms. The third kappa shape index (κ3) is 5.88. The number of aliphatic hydroxyl groups is 1. The van der Waals surface area contributed by atoms with E-state index in [1.807, 2.05) is 19.1 Å². The number of carboxylic acids is 1. The summed E-state index contributed by atoms with van der Waals surface area (Å²) in [7, 11) is 0. The van der Waals surface area contributed by atoms with E-state index in [1.54, 1.807) is 11.3 Å². The fraction of sp³-hybridized carbons (Fsp3) is 0.375. The van der Waals surface area contributed by atoms with E-state index in [9.17, 15) is 0 Å². The summed E-state index contributed by atoms with van der Waals surface area (Å²) >= 11 is 1.64. The van der Waals surface area contributed by atoms with Crippen LogP contribution in [0.25, 0.3) is 0 Å². The van der Waals surface area contributed by atoms with Crippen LogP contribution in [-0.4, -0.2) is 16.2 Å². The third-order valence-electron chi connectivity index (χ3n) is 0.952. The molecule has 3 nitrogen and oxygen atoms in total. The Balaban J connectivity index is 0.000000261. The zero-order valence-electron chi connectivity index (χ0n) is 7.07. The minimum Gasteiger partial charge on any atom is -0.481 e. The number of hydrogen-bond donors (Lipinski definition) is 2. The largest absolute Gasteiger partial charge is 0.481 e. The van der Waals surface area contributed by atoms with Crippen molar-refractivity contribution in [3.8, 4) is 0 Å². The van der Waals surface area contributed by atoms with E-state index in [0.717, 1.165) is 11.8 Å². The zero-order chi connectivity index (χ0) is 9.56. The summed E-state index contributed by atoms with van der Waals surface area (Å²) in [6.45, 7) is 3.29. The summed E-state index contributed by atoms with van der Waals surface area (Å²) in [5.41, 5.74) is 0. The highest BCUT2D eigenvalue weighted by atomic mass is 32.1. The highest BCUT2D eigenvalue weighted by Gasteiger charge is 1.90. The van der Waals surface area contributed by atoms with Gasteiger partial charge in [0.25, 0.3) is 5.97 Å². The lowest BCUT2D eigenvalue weighted by molar-refractivity contribution is -0.134. The minimum absolute atomic E-state index is 0.179. The highest BCUT2D eigenvalue weighted by Crippen LogP contribution is 2.13. The standard InChI is InChI=1S/C6H8OS.C2H4O2/c1-5-2-3-6(4-7)8-5;1-2(3)4/h2-3,7H,4H2,1H3;1H3,(H,3,4). The van der Waals surface area contributed by atoms with Gasteiger partial charge < -0.3 is 10.2 Å². The number of carbonyl (C=O) groups is 1. The molecule has 0 saturated heterocycles. The lowest BCUT2D eigenvalue weighted by Gasteiger charge is -1.80. The van der Waals surface area contributed by atoms with E-state index >= 15 is 0 Å². The van der Waals surface area contributed by atoms with E-state index in [-0.39, 0.29) is 6.61 Å². The van der Waals surface area contributed by atoms with Crippen molar-refractivity contribution in [2.75, 3.05) is 0 Å². The number of rotatable bonds is 1. The molecule has 1 heterocycles. The Morgan fingerprint density at radius 2 is 2.08 bits per heavy atom. The SMILES string of the molecule is CC(=O)O.Cc1ccc(CO)s1. The molecular weight excluding hydrogens is 176 g/mol. The van der Waals surface area contributed by atoms with Crippen LogP contribution in [-0.2, 0) is 11.4 Å².